The van der Waals surface area contributed by atoms with Gasteiger partial charge in [0.1, 0.15) is 5.75 Å². The fourth-order valence-electron chi connectivity index (χ4n) is 2.89. The Hall–Kier alpha value is -1.06. The number of benzene rings is 1. The van der Waals surface area contributed by atoms with E-state index in [0.717, 1.165) is 43.8 Å². The van der Waals surface area contributed by atoms with Gasteiger partial charge >= 0.3 is 0 Å². The van der Waals surface area contributed by atoms with Gasteiger partial charge in [0.2, 0.25) is 0 Å². The zero-order chi connectivity index (χ0) is 13.7. The Morgan fingerprint density at radius 2 is 1.95 bits per heavy atom. The molecule has 0 saturated carbocycles. The molecule has 1 heterocycles. The predicted molar refractivity (Wildman–Crippen MR) is 77.6 cm³/mol. The Morgan fingerprint density at radius 1 is 1.26 bits per heavy atom. The minimum Gasteiger partial charge on any atom is -0.496 e. The van der Waals surface area contributed by atoms with Gasteiger partial charge in [-0.15, -0.1) is 0 Å². The Labute approximate surface area is 116 Å². The summed E-state index contributed by atoms with van der Waals surface area (Å²) in [6.07, 6.45) is 3.58. The predicted octanol–water partition coefficient (Wildman–Crippen LogP) is 2.47. The number of rotatable bonds is 5. The van der Waals surface area contributed by atoms with E-state index in [-0.39, 0.29) is 0 Å². The van der Waals surface area contributed by atoms with Gasteiger partial charge in [-0.05, 0) is 37.4 Å². The summed E-state index contributed by atoms with van der Waals surface area (Å²) in [5.74, 6) is 0.881. The van der Waals surface area contributed by atoms with Crippen LogP contribution in [0.4, 0.5) is 0 Å². The smallest absolute Gasteiger partial charge is 0.122 e. The molecule has 3 nitrogen and oxygen atoms in total. The Bertz CT molecular complexity index is 397. The van der Waals surface area contributed by atoms with E-state index in [1.54, 1.807) is 7.11 Å². The van der Waals surface area contributed by atoms with Crippen LogP contribution in [0.15, 0.2) is 24.3 Å². The van der Waals surface area contributed by atoms with E-state index in [4.69, 9.17) is 4.74 Å². The van der Waals surface area contributed by atoms with Gasteiger partial charge in [0.15, 0.2) is 0 Å². The molecule has 0 unspecified atom stereocenters. The van der Waals surface area contributed by atoms with Gasteiger partial charge < -0.3 is 14.7 Å². The molecule has 1 N–H and O–H groups in total. The summed E-state index contributed by atoms with van der Waals surface area (Å²) in [4.78, 5) is 2.44. The molecule has 0 aliphatic carbocycles. The first-order chi connectivity index (χ1) is 9.17. The molecule has 19 heavy (non-hydrogen) atoms. The molecule has 0 radical (unpaired) electrons. The number of ether oxygens (including phenoxy) is 1. The highest BCUT2D eigenvalue weighted by molar-refractivity contribution is 5.34. The summed E-state index contributed by atoms with van der Waals surface area (Å²) < 4.78 is 5.37. The first-order valence-electron chi connectivity index (χ1n) is 7.23. The van der Waals surface area contributed by atoms with Gasteiger partial charge in [0.05, 0.1) is 12.7 Å². The van der Waals surface area contributed by atoms with Crippen LogP contribution in [-0.2, 0) is 6.42 Å². The van der Waals surface area contributed by atoms with Gasteiger partial charge in [0.25, 0.3) is 0 Å². The first-order valence-corrected chi connectivity index (χ1v) is 7.23. The van der Waals surface area contributed by atoms with Crippen molar-refractivity contribution in [2.24, 2.45) is 0 Å². The zero-order valence-corrected chi connectivity index (χ0v) is 12.1. The highest BCUT2D eigenvalue weighted by atomic mass is 16.5. The maximum atomic E-state index is 10.7. The average molecular weight is 263 g/mol. The molecule has 0 amide bonds. The van der Waals surface area contributed by atoms with Crippen molar-refractivity contribution in [3.63, 3.8) is 0 Å². The van der Waals surface area contributed by atoms with Gasteiger partial charge in [-0.1, -0.05) is 25.1 Å². The number of methoxy groups -OCH3 is 1. The van der Waals surface area contributed by atoms with Crippen LogP contribution in [0.2, 0.25) is 0 Å². The van der Waals surface area contributed by atoms with Crippen molar-refractivity contribution in [3.05, 3.63) is 29.8 Å². The molecule has 3 heteroatoms. The van der Waals surface area contributed by atoms with Crippen LogP contribution < -0.4 is 4.74 Å². The first kappa shape index (κ1) is 14.4. The van der Waals surface area contributed by atoms with Crippen molar-refractivity contribution in [1.82, 2.24) is 4.90 Å². The van der Waals surface area contributed by atoms with Crippen LogP contribution in [0.5, 0.6) is 5.75 Å². The van der Waals surface area contributed by atoms with Gasteiger partial charge in [-0.3, -0.25) is 0 Å². The van der Waals surface area contributed by atoms with Crippen LogP contribution in [0.1, 0.15) is 31.7 Å². The summed E-state index contributed by atoms with van der Waals surface area (Å²) in [5, 5.41) is 10.7. The minimum atomic E-state index is -0.571. The molecule has 1 fully saturated rings. The fraction of sp³-hybridized carbons (Fsp3) is 0.625. The number of hydrogen-bond acceptors (Lipinski definition) is 3. The number of aliphatic hydroxyl groups is 1. The highest BCUT2D eigenvalue weighted by Crippen LogP contribution is 2.30. The van der Waals surface area contributed by atoms with E-state index in [0.29, 0.717) is 6.42 Å². The standard InChI is InChI=1S/C16H25NO2/c1-3-10-17-11-8-16(18,9-12-17)13-14-6-4-5-7-15(14)19-2/h4-7,18H,3,8-13H2,1-2H3. The van der Waals surface area contributed by atoms with Crippen LogP contribution in [0.3, 0.4) is 0 Å². The Morgan fingerprint density at radius 3 is 2.58 bits per heavy atom. The summed E-state index contributed by atoms with van der Waals surface area (Å²) in [5.41, 5.74) is 0.537. The molecule has 0 atom stereocenters. The molecule has 0 spiro atoms. The molecule has 0 bridgehead atoms. The lowest BCUT2D eigenvalue weighted by Crippen LogP contribution is -2.45. The van der Waals surface area contributed by atoms with Crippen LogP contribution >= 0.6 is 0 Å². The van der Waals surface area contributed by atoms with Crippen molar-refractivity contribution in [3.8, 4) is 5.75 Å². The van der Waals surface area contributed by atoms with Gasteiger partial charge in [-0.25, -0.2) is 0 Å². The Kier molecular flexibility index (Phi) is 4.83. The van der Waals surface area contributed by atoms with E-state index in [1.807, 2.05) is 18.2 Å². The normalized spacial score (nSPS) is 19.3. The van der Waals surface area contributed by atoms with Gasteiger partial charge in [0, 0.05) is 19.5 Å². The van der Waals surface area contributed by atoms with E-state index < -0.39 is 5.60 Å². The summed E-state index contributed by atoms with van der Waals surface area (Å²) in [7, 11) is 1.69. The lowest BCUT2D eigenvalue weighted by atomic mass is 9.85. The minimum absolute atomic E-state index is 0.571. The second-order valence-electron chi connectivity index (χ2n) is 5.55. The lowest BCUT2D eigenvalue weighted by molar-refractivity contribution is -0.0208. The van der Waals surface area contributed by atoms with E-state index in [1.165, 1.54) is 6.42 Å². The van der Waals surface area contributed by atoms with Gasteiger partial charge in [-0.2, -0.15) is 0 Å². The van der Waals surface area contributed by atoms with Crippen molar-refractivity contribution in [2.75, 3.05) is 26.7 Å². The molecular weight excluding hydrogens is 238 g/mol. The molecule has 1 aliphatic heterocycles. The Balaban J connectivity index is 1.99. The molecule has 0 aromatic heterocycles. The van der Waals surface area contributed by atoms with E-state index >= 15 is 0 Å². The third-order valence-corrected chi connectivity index (χ3v) is 4.04. The number of para-hydroxylation sites is 1. The highest BCUT2D eigenvalue weighted by Gasteiger charge is 2.32. The largest absolute Gasteiger partial charge is 0.496 e. The molecule has 1 aromatic carbocycles. The maximum Gasteiger partial charge on any atom is 0.122 e. The summed E-state index contributed by atoms with van der Waals surface area (Å²) in [6, 6.07) is 7.99. The van der Waals surface area contributed by atoms with Crippen molar-refractivity contribution in [2.45, 2.75) is 38.2 Å². The zero-order valence-electron chi connectivity index (χ0n) is 12.1. The second kappa shape index (κ2) is 6.40. The van der Waals surface area contributed by atoms with Crippen LogP contribution in [0.25, 0.3) is 0 Å². The maximum absolute atomic E-state index is 10.7. The fourth-order valence-corrected chi connectivity index (χ4v) is 2.89. The molecular formula is C16H25NO2. The molecule has 1 saturated heterocycles. The summed E-state index contributed by atoms with van der Waals surface area (Å²) >= 11 is 0. The average Bonchev–Trinajstić information content (AvgIpc) is 2.42. The van der Waals surface area contributed by atoms with Crippen molar-refractivity contribution >= 4 is 0 Å². The second-order valence-corrected chi connectivity index (χ2v) is 5.55. The SMILES string of the molecule is CCCN1CCC(O)(Cc2ccccc2OC)CC1. The van der Waals surface area contributed by atoms with Crippen molar-refractivity contribution in [1.29, 1.82) is 0 Å². The molecule has 2 rings (SSSR count). The monoisotopic (exact) mass is 263 g/mol. The molecule has 1 aliphatic rings. The quantitative estimate of drug-likeness (QED) is 0.886. The van der Waals surface area contributed by atoms with Crippen molar-refractivity contribution < 1.29 is 9.84 Å². The molecule has 106 valence electrons. The van der Waals surface area contributed by atoms with E-state index in [9.17, 15) is 5.11 Å². The van der Waals surface area contributed by atoms with Crippen LogP contribution in [-0.4, -0.2) is 42.4 Å². The number of hydrogen-bond donors (Lipinski definition) is 1. The lowest BCUT2D eigenvalue weighted by Gasteiger charge is -2.38. The topological polar surface area (TPSA) is 32.7 Å². The van der Waals surface area contributed by atoms with Crippen LogP contribution in [0, 0.1) is 0 Å². The molecule has 1 aromatic rings. The number of likely N-dealkylation sites (tertiary alicyclic amines) is 1. The third-order valence-electron chi connectivity index (χ3n) is 4.04. The third kappa shape index (κ3) is 3.71. The van der Waals surface area contributed by atoms with E-state index in [2.05, 4.69) is 17.9 Å². The number of nitrogens with zero attached hydrogens (tertiary/aromatic N) is 1. The summed E-state index contributed by atoms with van der Waals surface area (Å²) in [6.45, 7) is 5.35. The number of piperidine rings is 1.